The number of anilines is 2. The highest BCUT2D eigenvalue weighted by molar-refractivity contribution is 8.00. The lowest BCUT2D eigenvalue weighted by Gasteiger charge is -2.25. The van der Waals surface area contributed by atoms with E-state index in [1.54, 1.807) is 36.0 Å². The van der Waals surface area contributed by atoms with Crippen molar-refractivity contribution >= 4 is 46.6 Å². The zero-order valence-corrected chi connectivity index (χ0v) is 18.3. The maximum Gasteiger partial charge on any atom is 0.255 e. The van der Waals surface area contributed by atoms with Crippen LogP contribution >= 0.6 is 23.4 Å². The van der Waals surface area contributed by atoms with Gasteiger partial charge in [-0.05, 0) is 79.1 Å². The molecule has 1 heterocycles. The van der Waals surface area contributed by atoms with Crippen LogP contribution in [0.2, 0.25) is 5.02 Å². The molecule has 0 saturated carbocycles. The predicted octanol–water partition coefficient (Wildman–Crippen LogP) is 5.99. The van der Waals surface area contributed by atoms with Crippen molar-refractivity contribution in [3.8, 4) is 0 Å². The summed E-state index contributed by atoms with van der Waals surface area (Å²) in [5.41, 5.74) is 5.46. The monoisotopic (exact) mass is 436 g/mol. The van der Waals surface area contributed by atoms with Crippen LogP contribution in [0.25, 0.3) is 0 Å². The van der Waals surface area contributed by atoms with Crippen molar-refractivity contribution in [2.24, 2.45) is 0 Å². The molecule has 3 aromatic carbocycles. The van der Waals surface area contributed by atoms with Crippen LogP contribution in [-0.4, -0.2) is 17.6 Å². The van der Waals surface area contributed by atoms with Gasteiger partial charge in [-0.15, -0.1) is 11.8 Å². The summed E-state index contributed by atoms with van der Waals surface area (Å²) < 4.78 is 0. The van der Waals surface area contributed by atoms with Crippen LogP contribution in [-0.2, 0) is 4.79 Å². The van der Waals surface area contributed by atoms with Crippen LogP contribution in [0.5, 0.6) is 0 Å². The zero-order valence-electron chi connectivity index (χ0n) is 16.7. The largest absolute Gasteiger partial charge is 0.322 e. The second kappa shape index (κ2) is 8.54. The van der Waals surface area contributed by atoms with E-state index in [1.165, 1.54) is 0 Å². The van der Waals surface area contributed by atoms with Crippen molar-refractivity contribution in [1.29, 1.82) is 0 Å². The summed E-state index contributed by atoms with van der Waals surface area (Å²) in [5.74, 6) is 0.365. The molecule has 4 rings (SSSR count). The third-order valence-corrected chi connectivity index (χ3v) is 6.38. The van der Waals surface area contributed by atoms with Crippen LogP contribution in [0.1, 0.15) is 32.4 Å². The van der Waals surface area contributed by atoms with Crippen molar-refractivity contribution in [2.45, 2.75) is 19.2 Å². The molecule has 1 atom stereocenters. The number of halogens is 1. The summed E-state index contributed by atoms with van der Waals surface area (Å²) >= 11 is 7.49. The van der Waals surface area contributed by atoms with Gasteiger partial charge in [0.2, 0.25) is 5.91 Å². The summed E-state index contributed by atoms with van der Waals surface area (Å²) in [6.45, 7) is 4.08. The van der Waals surface area contributed by atoms with Crippen LogP contribution in [0, 0.1) is 13.8 Å². The normalized spacial score (nSPS) is 16.0. The van der Waals surface area contributed by atoms with Crippen LogP contribution in [0.15, 0.2) is 66.7 Å². The number of carbonyl (C=O) groups is 2. The molecule has 2 amide bonds. The first-order valence-corrected chi connectivity index (χ1v) is 11.0. The van der Waals surface area contributed by atoms with Gasteiger partial charge in [-0.3, -0.25) is 14.5 Å². The van der Waals surface area contributed by atoms with Crippen molar-refractivity contribution < 1.29 is 9.59 Å². The molecule has 0 spiro atoms. The highest BCUT2D eigenvalue weighted by atomic mass is 35.5. The molecule has 3 aromatic rings. The molecule has 1 aliphatic heterocycles. The van der Waals surface area contributed by atoms with Gasteiger partial charge in [0.15, 0.2) is 0 Å². The summed E-state index contributed by atoms with van der Waals surface area (Å²) in [4.78, 5) is 26.9. The number of nitrogens with zero attached hydrogens (tertiary/aromatic N) is 1. The average molecular weight is 437 g/mol. The number of benzene rings is 3. The molecule has 0 aliphatic carbocycles. The van der Waals surface area contributed by atoms with Crippen molar-refractivity contribution in [2.75, 3.05) is 16.0 Å². The van der Waals surface area contributed by atoms with Gasteiger partial charge in [0.05, 0.1) is 5.75 Å². The van der Waals surface area contributed by atoms with Gasteiger partial charge >= 0.3 is 0 Å². The quantitative estimate of drug-likeness (QED) is 0.546. The molecule has 4 nitrogen and oxygen atoms in total. The summed E-state index contributed by atoms with van der Waals surface area (Å²) in [7, 11) is 0. The molecule has 152 valence electrons. The predicted molar refractivity (Wildman–Crippen MR) is 124 cm³/mol. The highest BCUT2D eigenvalue weighted by Crippen LogP contribution is 2.42. The number of thioether (sulfide) groups is 1. The Balaban J connectivity index is 1.53. The number of rotatable bonds is 4. The van der Waals surface area contributed by atoms with E-state index in [0.717, 1.165) is 22.4 Å². The Morgan fingerprint density at radius 1 is 1.00 bits per heavy atom. The molecule has 0 unspecified atom stereocenters. The van der Waals surface area contributed by atoms with E-state index in [1.807, 2.05) is 55.1 Å². The number of hydrogen-bond acceptors (Lipinski definition) is 3. The maximum absolute atomic E-state index is 12.6. The molecular weight excluding hydrogens is 416 g/mol. The molecule has 6 heteroatoms. The first-order valence-electron chi connectivity index (χ1n) is 9.59. The SMILES string of the molecule is Cc1cc(C)cc(N2C(=O)CS[C@H]2c2ccc(NC(=O)c3ccc(Cl)cc3)cc2)c1. The molecule has 0 bridgehead atoms. The average Bonchev–Trinajstić information content (AvgIpc) is 3.10. The standard InChI is InChI=1S/C24H21ClN2O2S/c1-15-11-16(2)13-21(12-15)27-22(28)14-30-24(27)18-5-9-20(10-6-18)26-23(29)17-3-7-19(25)8-4-17/h3-13,24H,14H2,1-2H3,(H,26,29)/t24-/m0/s1. The third-order valence-electron chi connectivity index (χ3n) is 4.91. The zero-order chi connectivity index (χ0) is 21.3. The molecule has 0 aromatic heterocycles. The number of carbonyl (C=O) groups excluding carboxylic acids is 2. The smallest absolute Gasteiger partial charge is 0.255 e. The van der Waals surface area contributed by atoms with E-state index < -0.39 is 0 Å². The van der Waals surface area contributed by atoms with E-state index in [4.69, 9.17) is 11.6 Å². The van der Waals surface area contributed by atoms with Gasteiger partial charge < -0.3 is 5.32 Å². The topological polar surface area (TPSA) is 49.4 Å². The lowest BCUT2D eigenvalue weighted by Crippen LogP contribution is -2.28. The van der Waals surface area contributed by atoms with E-state index in [-0.39, 0.29) is 17.2 Å². The molecule has 0 radical (unpaired) electrons. The van der Waals surface area contributed by atoms with E-state index in [0.29, 0.717) is 22.0 Å². The van der Waals surface area contributed by atoms with Gasteiger partial charge in [0.1, 0.15) is 5.37 Å². The van der Waals surface area contributed by atoms with Crippen molar-refractivity contribution in [3.05, 3.63) is 94.0 Å². The Kier molecular flexibility index (Phi) is 5.84. The van der Waals surface area contributed by atoms with Gasteiger partial charge in [-0.1, -0.05) is 29.8 Å². The fourth-order valence-electron chi connectivity index (χ4n) is 3.58. The minimum Gasteiger partial charge on any atom is -0.322 e. The molecule has 30 heavy (non-hydrogen) atoms. The van der Waals surface area contributed by atoms with Gasteiger partial charge in [0.25, 0.3) is 5.91 Å². The van der Waals surface area contributed by atoms with Crippen molar-refractivity contribution in [3.63, 3.8) is 0 Å². The Morgan fingerprint density at radius 3 is 2.27 bits per heavy atom. The summed E-state index contributed by atoms with van der Waals surface area (Å²) in [6.07, 6.45) is 0. The van der Waals surface area contributed by atoms with Gasteiger partial charge in [-0.25, -0.2) is 0 Å². The number of aryl methyl sites for hydroxylation is 2. The first-order chi connectivity index (χ1) is 14.4. The van der Waals surface area contributed by atoms with Gasteiger partial charge in [-0.2, -0.15) is 0 Å². The Morgan fingerprint density at radius 2 is 1.63 bits per heavy atom. The maximum atomic E-state index is 12.6. The highest BCUT2D eigenvalue weighted by Gasteiger charge is 2.34. The van der Waals surface area contributed by atoms with Crippen LogP contribution in [0.4, 0.5) is 11.4 Å². The number of hydrogen-bond donors (Lipinski definition) is 1. The summed E-state index contributed by atoms with van der Waals surface area (Å²) in [5, 5.41) is 3.40. The van der Waals surface area contributed by atoms with E-state index in [9.17, 15) is 9.59 Å². The van der Waals surface area contributed by atoms with Crippen molar-refractivity contribution in [1.82, 2.24) is 0 Å². The van der Waals surface area contributed by atoms with Crippen LogP contribution in [0.3, 0.4) is 0 Å². The Hall–Kier alpha value is -2.76. The molecule has 1 aliphatic rings. The van der Waals surface area contributed by atoms with Gasteiger partial charge in [0, 0.05) is 22.0 Å². The second-order valence-corrected chi connectivity index (χ2v) is 8.86. The fraction of sp³-hybridized carbons (Fsp3) is 0.167. The minimum atomic E-state index is -0.193. The van der Waals surface area contributed by atoms with E-state index in [2.05, 4.69) is 11.4 Å². The van der Waals surface area contributed by atoms with E-state index >= 15 is 0 Å². The summed E-state index contributed by atoms with van der Waals surface area (Å²) in [6, 6.07) is 20.6. The Labute approximate surface area is 185 Å². The number of amides is 2. The molecule has 1 N–H and O–H groups in total. The molecule has 1 saturated heterocycles. The lowest BCUT2D eigenvalue weighted by atomic mass is 10.1. The minimum absolute atomic E-state index is 0.0836. The second-order valence-electron chi connectivity index (χ2n) is 7.36. The van der Waals surface area contributed by atoms with Crippen LogP contribution < -0.4 is 10.2 Å². The third kappa shape index (κ3) is 4.37. The molecule has 1 fully saturated rings. The Bertz CT molecular complexity index is 1080. The lowest BCUT2D eigenvalue weighted by molar-refractivity contribution is -0.115. The molecular formula is C24H21ClN2O2S. The fourth-order valence-corrected chi connectivity index (χ4v) is 4.88. The first kappa shape index (κ1) is 20.5. The number of nitrogens with one attached hydrogen (secondary N) is 1.